The first-order valence-corrected chi connectivity index (χ1v) is 8.12. The molecule has 0 radical (unpaired) electrons. The second-order valence-corrected chi connectivity index (χ2v) is 7.01. The summed E-state index contributed by atoms with van der Waals surface area (Å²) in [5.74, 6) is 0. The molecule has 1 rings (SSSR count). The van der Waals surface area contributed by atoms with Crippen molar-refractivity contribution in [1.29, 1.82) is 0 Å². The van der Waals surface area contributed by atoms with Crippen LogP contribution in [0.1, 0.15) is 6.42 Å². The van der Waals surface area contributed by atoms with Gasteiger partial charge in [0.15, 0.2) is 0 Å². The molecule has 0 saturated heterocycles. The number of sulfonamides is 1. The molecule has 0 bridgehead atoms. The average molecular weight is 347 g/mol. The van der Waals surface area contributed by atoms with E-state index in [1.165, 1.54) is 25.3 Å². The van der Waals surface area contributed by atoms with Gasteiger partial charge in [0.25, 0.3) is 0 Å². The molecule has 0 aromatic heterocycles. The first-order chi connectivity index (χ1) is 8.86. The van der Waals surface area contributed by atoms with E-state index in [0.717, 1.165) is 0 Å². The van der Waals surface area contributed by atoms with Crippen LogP contribution in [0.15, 0.2) is 23.1 Å². The van der Waals surface area contributed by atoms with Crippen molar-refractivity contribution < 1.29 is 13.2 Å². The van der Waals surface area contributed by atoms with Crippen LogP contribution in [0.2, 0.25) is 10.0 Å². The lowest BCUT2D eigenvalue weighted by molar-refractivity contribution is 0.196. The van der Waals surface area contributed by atoms with Gasteiger partial charge >= 0.3 is 0 Å². The van der Waals surface area contributed by atoms with Crippen molar-refractivity contribution in [2.75, 3.05) is 20.3 Å². The molecule has 0 aliphatic rings. The molecule has 4 nitrogen and oxygen atoms in total. The van der Waals surface area contributed by atoms with E-state index in [2.05, 4.69) is 4.72 Å². The first kappa shape index (κ1) is 17.0. The molecule has 1 aromatic rings. The molecule has 19 heavy (non-hydrogen) atoms. The maximum atomic E-state index is 11.9. The van der Waals surface area contributed by atoms with Crippen LogP contribution in [0.4, 0.5) is 0 Å². The van der Waals surface area contributed by atoms with Crippen LogP contribution in [-0.2, 0) is 14.8 Å². The van der Waals surface area contributed by atoms with E-state index in [1.54, 1.807) is 0 Å². The topological polar surface area (TPSA) is 55.4 Å². The number of ether oxygens (including phenoxy) is 1. The zero-order valence-electron chi connectivity index (χ0n) is 10.2. The number of benzene rings is 1. The Bertz CT molecular complexity index is 522. The monoisotopic (exact) mass is 345 g/mol. The summed E-state index contributed by atoms with van der Waals surface area (Å²) in [5, 5.41) is 0.266. The predicted octanol–water partition coefficient (Wildman–Crippen LogP) is 2.92. The Kier molecular flexibility index (Phi) is 6.86. The van der Waals surface area contributed by atoms with Gasteiger partial charge in [-0.05, 0) is 24.6 Å². The highest BCUT2D eigenvalue weighted by atomic mass is 35.5. The fraction of sp³-hybridized carbons (Fsp3) is 0.455. The number of alkyl halides is 1. The van der Waals surface area contributed by atoms with Gasteiger partial charge in [-0.3, -0.25) is 0 Å². The highest BCUT2D eigenvalue weighted by Gasteiger charge is 2.15. The van der Waals surface area contributed by atoms with Crippen LogP contribution in [0.3, 0.4) is 0 Å². The van der Waals surface area contributed by atoms with Crippen LogP contribution in [0, 0.1) is 0 Å². The van der Waals surface area contributed by atoms with E-state index in [0.29, 0.717) is 18.1 Å². The molecular formula is C11H14Cl3NO3S. The lowest BCUT2D eigenvalue weighted by atomic mass is 10.3. The molecule has 0 spiro atoms. The standard InChI is InChI=1S/C11H14Cl3NO3S/c1-18-7-8(12)4-5-15-19(16,17)9-2-3-10(13)11(14)6-9/h2-3,6,8,15H,4-5,7H2,1H3. The second kappa shape index (κ2) is 7.67. The van der Waals surface area contributed by atoms with Gasteiger partial charge in [0.2, 0.25) is 10.0 Å². The lowest BCUT2D eigenvalue weighted by Gasteiger charge is -2.10. The van der Waals surface area contributed by atoms with Gasteiger partial charge in [0.1, 0.15) is 0 Å². The molecule has 0 aliphatic heterocycles. The van der Waals surface area contributed by atoms with Gasteiger partial charge in [0, 0.05) is 13.7 Å². The normalized spacial score (nSPS) is 13.5. The molecule has 1 aromatic carbocycles. The van der Waals surface area contributed by atoms with E-state index in [4.69, 9.17) is 39.5 Å². The highest BCUT2D eigenvalue weighted by molar-refractivity contribution is 7.89. The van der Waals surface area contributed by atoms with Crippen LogP contribution in [0.25, 0.3) is 0 Å². The number of hydrogen-bond acceptors (Lipinski definition) is 3. The number of rotatable bonds is 7. The summed E-state index contributed by atoms with van der Waals surface area (Å²) in [6, 6.07) is 4.14. The fourth-order valence-corrected chi connectivity index (χ4v) is 3.01. The minimum absolute atomic E-state index is 0.0692. The minimum atomic E-state index is -3.60. The van der Waals surface area contributed by atoms with Crippen molar-refractivity contribution in [3.63, 3.8) is 0 Å². The quantitative estimate of drug-likeness (QED) is 0.772. The molecule has 108 valence electrons. The maximum absolute atomic E-state index is 11.9. The second-order valence-electron chi connectivity index (χ2n) is 3.81. The summed E-state index contributed by atoms with van der Waals surface area (Å²) in [4.78, 5) is 0.0692. The third-order valence-corrected chi connectivity index (χ3v) is 4.84. The number of halogens is 3. The summed E-state index contributed by atoms with van der Waals surface area (Å²) in [6.07, 6.45) is 0.468. The number of nitrogens with one attached hydrogen (secondary N) is 1. The molecule has 0 amide bonds. The molecule has 8 heteroatoms. The molecule has 0 aliphatic carbocycles. The zero-order chi connectivity index (χ0) is 14.5. The molecule has 1 N–H and O–H groups in total. The smallest absolute Gasteiger partial charge is 0.240 e. The summed E-state index contributed by atoms with van der Waals surface area (Å²) < 4.78 is 31.2. The number of methoxy groups -OCH3 is 1. The van der Waals surface area contributed by atoms with Crippen molar-refractivity contribution in [3.05, 3.63) is 28.2 Å². The Labute approximate surface area is 128 Å². The minimum Gasteiger partial charge on any atom is -0.383 e. The zero-order valence-corrected chi connectivity index (χ0v) is 13.3. The fourth-order valence-electron chi connectivity index (χ4n) is 1.34. The van der Waals surface area contributed by atoms with Gasteiger partial charge in [-0.2, -0.15) is 0 Å². The van der Waals surface area contributed by atoms with Crippen LogP contribution >= 0.6 is 34.8 Å². The summed E-state index contributed by atoms with van der Waals surface area (Å²) >= 11 is 17.4. The van der Waals surface area contributed by atoms with Gasteiger partial charge in [-0.1, -0.05) is 23.2 Å². The van der Waals surface area contributed by atoms with Crippen molar-refractivity contribution in [1.82, 2.24) is 4.72 Å². The Morgan fingerprint density at radius 2 is 2.00 bits per heavy atom. The van der Waals surface area contributed by atoms with Crippen LogP contribution < -0.4 is 4.72 Å². The van der Waals surface area contributed by atoms with Crippen molar-refractivity contribution in [2.24, 2.45) is 0 Å². The van der Waals surface area contributed by atoms with E-state index in [1.807, 2.05) is 0 Å². The predicted molar refractivity (Wildman–Crippen MR) is 77.8 cm³/mol. The van der Waals surface area contributed by atoms with Gasteiger partial charge in [-0.25, -0.2) is 13.1 Å². The Morgan fingerprint density at radius 3 is 2.58 bits per heavy atom. The van der Waals surface area contributed by atoms with Gasteiger partial charge in [0.05, 0.1) is 26.9 Å². The largest absolute Gasteiger partial charge is 0.383 e. The summed E-state index contributed by atoms with van der Waals surface area (Å²) in [5.41, 5.74) is 0. The molecule has 0 fully saturated rings. The van der Waals surface area contributed by atoms with Crippen LogP contribution in [-0.4, -0.2) is 34.1 Å². The third-order valence-electron chi connectivity index (χ3n) is 2.30. The molecule has 0 saturated carbocycles. The van der Waals surface area contributed by atoms with Gasteiger partial charge < -0.3 is 4.74 Å². The van der Waals surface area contributed by atoms with E-state index in [-0.39, 0.29) is 21.8 Å². The molecule has 0 heterocycles. The third kappa shape index (κ3) is 5.45. The van der Waals surface area contributed by atoms with Gasteiger partial charge in [-0.15, -0.1) is 11.6 Å². The van der Waals surface area contributed by atoms with E-state index >= 15 is 0 Å². The lowest BCUT2D eigenvalue weighted by Crippen LogP contribution is -2.27. The SMILES string of the molecule is COCC(Cl)CCNS(=O)(=O)c1ccc(Cl)c(Cl)c1. The molecule has 1 unspecified atom stereocenters. The number of hydrogen-bond donors (Lipinski definition) is 1. The highest BCUT2D eigenvalue weighted by Crippen LogP contribution is 2.24. The summed E-state index contributed by atoms with van der Waals surface area (Å²) in [7, 11) is -2.07. The Balaban J connectivity index is 2.63. The molecule has 1 atom stereocenters. The van der Waals surface area contributed by atoms with Crippen molar-refractivity contribution >= 4 is 44.8 Å². The van der Waals surface area contributed by atoms with E-state index < -0.39 is 10.0 Å². The molecular weight excluding hydrogens is 333 g/mol. The average Bonchev–Trinajstić information content (AvgIpc) is 2.32. The Hall–Kier alpha value is -0.0400. The van der Waals surface area contributed by atoms with Crippen molar-refractivity contribution in [2.45, 2.75) is 16.7 Å². The first-order valence-electron chi connectivity index (χ1n) is 5.44. The van der Waals surface area contributed by atoms with E-state index in [9.17, 15) is 8.42 Å². The Morgan fingerprint density at radius 1 is 1.32 bits per heavy atom. The summed E-state index contributed by atoms with van der Waals surface area (Å²) in [6.45, 7) is 0.593. The maximum Gasteiger partial charge on any atom is 0.240 e. The van der Waals surface area contributed by atoms with Crippen molar-refractivity contribution in [3.8, 4) is 0 Å². The van der Waals surface area contributed by atoms with Crippen LogP contribution in [0.5, 0.6) is 0 Å².